The highest BCUT2D eigenvalue weighted by Gasteiger charge is 2.21. The van der Waals surface area contributed by atoms with Crippen molar-refractivity contribution >= 4 is 56.7 Å². The predicted octanol–water partition coefficient (Wildman–Crippen LogP) is 6.41. The van der Waals surface area contributed by atoms with Gasteiger partial charge in [0.25, 0.3) is 0 Å². The third-order valence-electron chi connectivity index (χ3n) is 7.24. The Morgan fingerprint density at radius 3 is 2.29 bits per heavy atom. The van der Waals surface area contributed by atoms with Crippen LogP contribution in [-0.2, 0) is 4.74 Å². The molecule has 1 aliphatic heterocycles. The summed E-state index contributed by atoms with van der Waals surface area (Å²) in [6.45, 7) is 2.58. The summed E-state index contributed by atoms with van der Waals surface area (Å²) in [6.07, 6.45) is 1.76. The van der Waals surface area contributed by atoms with Gasteiger partial charge >= 0.3 is 0 Å². The number of benzene rings is 3. The molecule has 0 atom stereocenters. The standard InChI is InChI=1S/C31H32ClN7O3/c1-40-22-6-4-21(5-7-22)35-31-38-29(19-11-15-42-16-12-19)37-30(39-31)34-14-13-33-28-24-9-3-20(32)17-27(24)36-26-10-8-23(41-2)18-25(26)28/h3-10,17-19H,11-16H2,1-2H3,(H,33,36)(H2,34,35,37,38,39). The van der Waals surface area contributed by atoms with Crippen LogP contribution >= 0.6 is 11.6 Å². The molecule has 6 rings (SSSR count). The number of nitrogens with one attached hydrogen (secondary N) is 3. The first-order valence-corrected chi connectivity index (χ1v) is 14.3. The van der Waals surface area contributed by atoms with E-state index in [0.29, 0.717) is 43.2 Å². The molecular weight excluding hydrogens is 554 g/mol. The van der Waals surface area contributed by atoms with Gasteiger partial charge in [-0.15, -0.1) is 0 Å². The molecule has 1 fully saturated rings. The molecule has 42 heavy (non-hydrogen) atoms. The maximum atomic E-state index is 6.28. The quantitative estimate of drug-likeness (QED) is 0.125. The average molecular weight is 586 g/mol. The van der Waals surface area contributed by atoms with Gasteiger partial charge in [0.1, 0.15) is 17.3 Å². The first-order valence-electron chi connectivity index (χ1n) is 13.9. The van der Waals surface area contributed by atoms with Crippen LogP contribution in [0.2, 0.25) is 5.02 Å². The number of rotatable bonds is 10. The molecule has 2 aromatic heterocycles. The van der Waals surface area contributed by atoms with Crippen LogP contribution in [-0.4, -0.2) is 60.5 Å². The normalized spacial score (nSPS) is 13.7. The molecule has 0 aliphatic carbocycles. The van der Waals surface area contributed by atoms with E-state index in [9.17, 15) is 0 Å². The first kappa shape index (κ1) is 27.7. The Kier molecular flexibility index (Phi) is 8.34. The van der Waals surface area contributed by atoms with E-state index in [-0.39, 0.29) is 5.92 Å². The van der Waals surface area contributed by atoms with Crippen LogP contribution in [0.3, 0.4) is 0 Å². The highest BCUT2D eigenvalue weighted by molar-refractivity contribution is 6.31. The Labute approximate surface area is 248 Å². The lowest BCUT2D eigenvalue weighted by molar-refractivity contribution is 0.0836. The summed E-state index contributed by atoms with van der Waals surface area (Å²) in [6, 6.07) is 19.2. The highest BCUT2D eigenvalue weighted by atomic mass is 35.5. The largest absolute Gasteiger partial charge is 0.497 e. The molecule has 10 nitrogen and oxygen atoms in total. The number of methoxy groups -OCH3 is 2. The summed E-state index contributed by atoms with van der Waals surface area (Å²) in [5.41, 5.74) is 3.50. The molecule has 0 amide bonds. The predicted molar refractivity (Wildman–Crippen MR) is 167 cm³/mol. The van der Waals surface area contributed by atoms with Crippen LogP contribution in [0.25, 0.3) is 21.8 Å². The zero-order chi connectivity index (χ0) is 28.9. The van der Waals surface area contributed by atoms with Gasteiger partial charge in [-0.2, -0.15) is 15.0 Å². The summed E-state index contributed by atoms with van der Waals surface area (Å²) in [4.78, 5) is 19.0. The van der Waals surface area contributed by atoms with E-state index < -0.39 is 0 Å². The van der Waals surface area contributed by atoms with Gasteiger partial charge in [0.05, 0.1) is 30.9 Å². The maximum Gasteiger partial charge on any atom is 0.232 e. The molecular formula is C31H32ClN7O3. The topological polar surface area (TPSA) is 115 Å². The monoisotopic (exact) mass is 585 g/mol. The summed E-state index contributed by atoms with van der Waals surface area (Å²) in [5.74, 6) is 3.53. The third-order valence-corrected chi connectivity index (χ3v) is 7.47. The SMILES string of the molecule is COc1ccc(Nc2nc(NCCNc3c4ccc(Cl)cc4nc4ccc(OC)cc34)nc(C3CCOCC3)n2)cc1. The van der Waals surface area contributed by atoms with Crippen molar-refractivity contribution in [3.63, 3.8) is 0 Å². The summed E-state index contributed by atoms with van der Waals surface area (Å²) >= 11 is 6.28. The molecule has 0 radical (unpaired) electrons. The van der Waals surface area contributed by atoms with Crippen molar-refractivity contribution in [1.29, 1.82) is 0 Å². The maximum absolute atomic E-state index is 6.28. The van der Waals surface area contributed by atoms with Crippen LogP contribution in [0, 0.1) is 0 Å². The van der Waals surface area contributed by atoms with E-state index in [0.717, 1.165) is 63.3 Å². The molecule has 3 heterocycles. The van der Waals surface area contributed by atoms with Crippen LogP contribution in [0.15, 0.2) is 60.7 Å². The van der Waals surface area contributed by atoms with Crippen molar-refractivity contribution in [3.8, 4) is 11.5 Å². The number of anilines is 4. The van der Waals surface area contributed by atoms with Gasteiger partial charge in [0.2, 0.25) is 11.9 Å². The second kappa shape index (κ2) is 12.6. The van der Waals surface area contributed by atoms with Gasteiger partial charge in [-0.3, -0.25) is 0 Å². The molecule has 3 aromatic carbocycles. The number of nitrogens with zero attached hydrogens (tertiary/aromatic N) is 4. The molecule has 3 N–H and O–H groups in total. The van der Waals surface area contributed by atoms with E-state index >= 15 is 0 Å². The molecule has 216 valence electrons. The first-order chi connectivity index (χ1) is 20.6. The zero-order valence-corrected chi connectivity index (χ0v) is 24.2. The number of halogens is 1. The summed E-state index contributed by atoms with van der Waals surface area (Å²) in [7, 11) is 3.31. The molecule has 0 spiro atoms. The second-order valence-electron chi connectivity index (χ2n) is 9.97. The smallest absolute Gasteiger partial charge is 0.232 e. The van der Waals surface area contributed by atoms with Crippen LogP contribution in [0.5, 0.6) is 11.5 Å². The number of aromatic nitrogens is 4. The lowest BCUT2D eigenvalue weighted by Gasteiger charge is -2.21. The Morgan fingerprint density at radius 1 is 0.762 bits per heavy atom. The van der Waals surface area contributed by atoms with Gasteiger partial charge in [-0.25, -0.2) is 4.98 Å². The molecule has 11 heteroatoms. The van der Waals surface area contributed by atoms with Gasteiger partial charge < -0.3 is 30.2 Å². The fourth-order valence-corrected chi connectivity index (χ4v) is 5.21. The number of pyridine rings is 1. The van der Waals surface area contributed by atoms with E-state index in [1.807, 2.05) is 60.7 Å². The lowest BCUT2D eigenvalue weighted by atomic mass is 10.00. The Bertz CT molecular complexity index is 1690. The van der Waals surface area contributed by atoms with Crippen LogP contribution in [0.4, 0.5) is 23.3 Å². The average Bonchev–Trinajstić information content (AvgIpc) is 3.03. The van der Waals surface area contributed by atoms with Crippen molar-refractivity contribution in [2.45, 2.75) is 18.8 Å². The highest BCUT2D eigenvalue weighted by Crippen LogP contribution is 2.34. The third kappa shape index (κ3) is 6.24. The van der Waals surface area contributed by atoms with Gasteiger partial charge in [-0.05, 0) is 73.5 Å². The second-order valence-corrected chi connectivity index (χ2v) is 10.4. The minimum absolute atomic E-state index is 0.216. The minimum atomic E-state index is 0.216. The summed E-state index contributed by atoms with van der Waals surface area (Å²) in [5, 5.41) is 12.9. The molecule has 0 bridgehead atoms. The van der Waals surface area contributed by atoms with E-state index in [4.69, 9.17) is 40.8 Å². The Morgan fingerprint density at radius 2 is 1.50 bits per heavy atom. The summed E-state index contributed by atoms with van der Waals surface area (Å²) < 4.78 is 16.3. The number of ether oxygens (including phenoxy) is 3. The fraction of sp³-hybridized carbons (Fsp3) is 0.290. The van der Waals surface area contributed by atoms with Gasteiger partial charge in [0.15, 0.2) is 0 Å². The molecule has 0 saturated carbocycles. The number of hydrogen-bond acceptors (Lipinski definition) is 10. The lowest BCUT2D eigenvalue weighted by Crippen LogP contribution is -2.20. The fourth-order valence-electron chi connectivity index (χ4n) is 5.04. The Balaban J connectivity index is 1.22. The molecule has 5 aromatic rings. The van der Waals surface area contributed by atoms with Crippen LogP contribution < -0.4 is 25.4 Å². The van der Waals surface area contributed by atoms with Crippen molar-refractivity contribution in [1.82, 2.24) is 19.9 Å². The zero-order valence-electron chi connectivity index (χ0n) is 23.5. The Hall–Kier alpha value is -4.41. The molecule has 1 saturated heterocycles. The van der Waals surface area contributed by atoms with Crippen molar-refractivity contribution in [2.75, 3.05) is 56.5 Å². The molecule has 1 aliphatic rings. The number of hydrogen-bond donors (Lipinski definition) is 3. The van der Waals surface area contributed by atoms with Gasteiger partial charge in [-0.1, -0.05) is 11.6 Å². The van der Waals surface area contributed by atoms with E-state index in [2.05, 4.69) is 20.9 Å². The van der Waals surface area contributed by atoms with Crippen LogP contribution in [0.1, 0.15) is 24.6 Å². The van der Waals surface area contributed by atoms with E-state index in [1.54, 1.807) is 14.2 Å². The van der Waals surface area contributed by atoms with Crippen molar-refractivity contribution in [2.24, 2.45) is 0 Å². The number of fused-ring (bicyclic) bond motifs is 2. The van der Waals surface area contributed by atoms with Crippen molar-refractivity contribution in [3.05, 3.63) is 71.5 Å². The van der Waals surface area contributed by atoms with E-state index in [1.165, 1.54) is 0 Å². The minimum Gasteiger partial charge on any atom is -0.497 e. The van der Waals surface area contributed by atoms with Gasteiger partial charge in [0, 0.05) is 53.7 Å². The van der Waals surface area contributed by atoms with Crippen molar-refractivity contribution < 1.29 is 14.2 Å². The molecule has 0 unspecified atom stereocenters.